The molecular weight excluding hydrogens is 302 g/mol. The van der Waals surface area contributed by atoms with E-state index >= 15 is 0 Å². The summed E-state index contributed by atoms with van der Waals surface area (Å²) in [6.07, 6.45) is 0. The molecule has 4 heteroatoms. The molecule has 20 valence electrons. The van der Waals surface area contributed by atoms with Gasteiger partial charge in [0.2, 0.25) is 0 Å². The summed E-state index contributed by atoms with van der Waals surface area (Å²) in [5.41, 5.74) is 0. The fraction of sp³-hybridized carbons (Fsp3) is 1.00. The third-order valence-corrected chi connectivity index (χ3v) is 0. The quantitative estimate of drug-likeness (QED) is 0.488. The first-order chi connectivity index (χ1) is 2.00. The standard InChI is InChI=1S/CGe4/c2-1(3,4)5. The van der Waals surface area contributed by atoms with Crippen molar-refractivity contribution in [2.75, 3.05) is 0 Å². The van der Waals surface area contributed by atoms with Gasteiger partial charge < -0.3 is 0 Å². The van der Waals surface area contributed by atoms with Crippen LogP contribution in [0.15, 0.2) is 0 Å². The van der Waals surface area contributed by atoms with Gasteiger partial charge >= 0.3 is 66.8 Å². The molecule has 0 N–H and O–H groups in total. The summed E-state index contributed by atoms with van der Waals surface area (Å²) in [6, 6.07) is 0. The molecule has 0 unspecified atom stereocenters. The molecule has 0 aromatic carbocycles. The van der Waals surface area contributed by atoms with Gasteiger partial charge in [-0.25, -0.2) is 0 Å². The molecule has 0 aromatic heterocycles. The van der Waals surface area contributed by atoms with Crippen molar-refractivity contribution in [3.8, 4) is 0 Å². The van der Waals surface area contributed by atoms with Crippen LogP contribution < -0.4 is 0 Å². The van der Waals surface area contributed by atoms with E-state index in [-0.39, 0.29) is 0 Å². The molecule has 0 saturated heterocycles. The minimum atomic E-state index is 0.500. The second-order valence-electron chi connectivity index (χ2n) is 0.750. The molecule has 0 heterocycles. The van der Waals surface area contributed by atoms with Crippen molar-refractivity contribution < 1.29 is 0 Å². The first-order valence-corrected chi connectivity index (χ1v) is 5.20. The van der Waals surface area contributed by atoms with Crippen LogP contribution in [-0.2, 0) is 0 Å². The zero-order valence-electron chi connectivity index (χ0n) is 2.50. The summed E-state index contributed by atoms with van der Waals surface area (Å²) in [5.74, 6) is 0. The summed E-state index contributed by atoms with van der Waals surface area (Å²) >= 11 is 8.75. The van der Waals surface area contributed by atoms with E-state index in [1.165, 1.54) is 0 Å². The van der Waals surface area contributed by atoms with E-state index < -0.39 is 0 Å². The van der Waals surface area contributed by atoms with Gasteiger partial charge in [-0.1, -0.05) is 0 Å². The zero-order chi connectivity index (χ0) is 4.50. The van der Waals surface area contributed by atoms with Crippen molar-refractivity contribution in [2.45, 2.75) is 0.745 Å². The molecule has 12 radical (unpaired) electrons. The van der Waals surface area contributed by atoms with E-state index in [9.17, 15) is 0 Å². The van der Waals surface area contributed by atoms with Crippen molar-refractivity contribution >= 4 is 66.1 Å². The van der Waals surface area contributed by atoms with Crippen molar-refractivity contribution in [2.24, 2.45) is 0 Å². The van der Waals surface area contributed by atoms with Gasteiger partial charge in [-0.3, -0.25) is 0 Å². The van der Waals surface area contributed by atoms with Crippen molar-refractivity contribution in [3.05, 3.63) is 0 Å². The Kier molecular flexibility index (Phi) is 3.55. The molecule has 0 fully saturated rings. The van der Waals surface area contributed by atoms with Gasteiger partial charge in [0.1, 0.15) is 0 Å². The van der Waals surface area contributed by atoms with Crippen LogP contribution in [0.3, 0.4) is 0 Å². The molecule has 0 amide bonds. The Hall–Kier alpha value is 2.17. The summed E-state index contributed by atoms with van der Waals surface area (Å²) in [7, 11) is 0. The third kappa shape index (κ3) is 22.8. The molecule has 0 atom stereocenters. The molecule has 0 aliphatic heterocycles. The maximum absolute atomic E-state index is 2.19. The van der Waals surface area contributed by atoms with Crippen LogP contribution in [0.25, 0.3) is 0 Å². The topological polar surface area (TPSA) is 0 Å². The first kappa shape index (κ1) is 7.17. The average Bonchev–Trinajstić information content (AvgIpc) is 0.722. The van der Waals surface area contributed by atoms with E-state index in [1.54, 1.807) is 0 Å². The Bertz CT molecular complexity index is 19.1. The normalized spacial score (nSPS) is 12.0. The molecule has 0 saturated carbocycles. The van der Waals surface area contributed by atoms with Crippen LogP contribution in [-0.4, -0.2) is 66.1 Å². The van der Waals surface area contributed by atoms with Gasteiger partial charge in [-0.2, -0.15) is 0 Å². The van der Waals surface area contributed by atoms with Crippen LogP contribution in [0, 0.1) is 0 Å². The van der Waals surface area contributed by atoms with Crippen molar-refractivity contribution in [3.63, 3.8) is 0 Å². The Morgan fingerprint density at radius 3 is 0.800 bits per heavy atom. The van der Waals surface area contributed by atoms with Gasteiger partial charge in [0.25, 0.3) is 0 Å². The van der Waals surface area contributed by atoms with Crippen LogP contribution in [0.4, 0.5) is 0 Å². The average molecular weight is 302 g/mol. The fourth-order valence-corrected chi connectivity index (χ4v) is 0. The molecule has 0 nitrogen and oxygen atoms in total. The van der Waals surface area contributed by atoms with Crippen molar-refractivity contribution in [1.82, 2.24) is 0 Å². The second-order valence-corrected chi connectivity index (χ2v) is 20.2. The molecule has 0 aliphatic rings. The predicted octanol–water partition coefficient (Wildman–Crippen LogP) is -1.31. The van der Waals surface area contributed by atoms with Gasteiger partial charge in [-0.15, -0.1) is 0 Å². The molecule has 5 heavy (non-hydrogen) atoms. The predicted molar refractivity (Wildman–Crippen MR) is 25.7 cm³/mol. The minimum absolute atomic E-state index is 0.500. The maximum atomic E-state index is 2.19. The zero-order valence-corrected chi connectivity index (χ0v) is 10.9. The monoisotopic (exact) mass is 308 g/mol. The van der Waals surface area contributed by atoms with Crippen LogP contribution >= 0.6 is 0 Å². The number of hydrogen-bond acceptors (Lipinski definition) is 0. The summed E-state index contributed by atoms with van der Waals surface area (Å²) in [5, 5.41) is 0. The van der Waals surface area contributed by atoms with Gasteiger partial charge in [0.05, 0.1) is 0 Å². The van der Waals surface area contributed by atoms with E-state index in [2.05, 4.69) is 66.1 Å². The third-order valence-electron chi connectivity index (χ3n) is 0. The molecular formula is CGe4. The van der Waals surface area contributed by atoms with Crippen LogP contribution in [0.1, 0.15) is 0 Å². The first-order valence-electron chi connectivity index (χ1n) is 1.00. The Balaban J connectivity index is 3.02. The Labute approximate surface area is 66.1 Å². The summed E-state index contributed by atoms with van der Waals surface area (Å²) < 4.78 is 0.500. The van der Waals surface area contributed by atoms with Crippen LogP contribution in [0.5, 0.6) is 0 Å². The van der Waals surface area contributed by atoms with E-state index in [4.69, 9.17) is 0 Å². The van der Waals surface area contributed by atoms with Gasteiger partial charge in [-0.05, 0) is 0 Å². The summed E-state index contributed by atoms with van der Waals surface area (Å²) in [4.78, 5) is 0. The molecule has 0 aliphatic carbocycles. The van der Waals surface area contributed by atoms with E-state index in [0.717, 1.165) is 0 Å². The van der Waals surface area contributed by atoms with Crippen LogP contribution in [0.2, 0.25) is 0.745 Å². The Morgan fingerprint density at radius 1 is 0.800 bits per heavy atom. The molecule has 0 rings (SSSR count). The van der Waals surface area contributed by atoms with Gasteiger partial charge in [0.15, 0.2) is 0 Å². The molecule has 0 spiro atoms. The van der Waals surface area contributed by atoms with Crippen molar-refractivity contribution in [1.29, 1.82) is 0 Å². The Morgan fingerprint density at radius 2 is 0.800 bits per heavy atom. The number of rotatable bonds is 0. The van der Waals surface area contributed by atoms with Gasteiger partial charge in [0, 0.05) is 0 Å². The fourth-order valence-electron chi connectivity index (χ4n) is 0. The number of hydrogen-bond donors (Lipinski definition) is 0. The molecule has 0 aromatic rings. The summed E-state index contributed by atoms with van der Waals surface area (Å²) in [6.45, 7) is 0. The molecule has 0 bridgehead atoms. The van der Waals surface area contributed by atoms with E-state index in [1.807, 2.05) is 0 Å². The second kappa shape index (κ2) is 2.47. The SMILES string of the molecule is [Ge][C]([Ge])([Ge])[Ge]. The van der Waals surface area contributed by atoms with E-state index in [0.29, 0.717) is 0.745 Å².